The molecule has 0 saturated heterocycles. The third kappa shape index (κ3) is 4.90. The molecule has 0 N–H and O–H groups in total. The third-order valence-corrected chi connectivity index (χ3v) is 5.20. The van der Waals surface area contributed by atoms with E-state index in [-0.39, 0.29) is 25.1 Å². The van der Waals surface area contributed by atoms with Gasteiger partial charge in [-0.2, -0.15) is 0 Å². The Balaban J connectivity index is 0. The van der Waals surface area contributed by atoms with Gasteiger partial charge in [0.05, 0.1) is 0 Å². The van der Waals surface area contributed by atoms with Crippen LogP contribution in [0.3, 0.4) is 0 Å². The standard InChI is InChI=1S/3C2H5.Al.H4Si/c3*1-2;;/h3*1H2,2H3;;1H4. The fourth-order valence-corrected chi connectivity index (χ4v) is 2.60. The fraction of sp³-hybridized carbons (Fsp3) is 1.00. The van der Waals surface area contributed by atoms with Gasteiger partial charge in [-0.15, -0.1) is 0 Å². The Kier molecular flexibility index (Phi) is 11.2. The van der Waals surface area contributed by atoms with Crippen LogP contribution in [0.5, 0.6) is 0 Å². The molecular weight excluding hydrogens is 127 g/mol. The van der Waals surface area contributed by atoms with E-state index >= 15 is 0 Å². The lowest BCUT2D eigenvalue weighted by molar-refractivity contribution is 1.24. The lowest BCUT2D eigenvalue weighted by Crippen LogP contribution is -2.04. The van der Waals surface area contributed by atoms with Crippen molar-refractivity contribution < 1.29 is 0 Å². The molecule has 0 radical (unpaired) electrons. The Morgan fingerprint density at radius 2 is 1.12 bits per heavy atom. The SMILES string of the molecule is C[CH2][Al]([CH2]C)[CH2]C.[SiH4]. The maximum Gasteiger partial charge on any atom is 0.261 e. The second-order valence-electron chi connectivity index (χ2n) is 2.09. The number of hydrogen-bond donors (Lipinski definition) is 0. The molecule has 0 spiro atoms. The van der Waals surface area contributed by atoms with Gasteiger partial charge in [0.15, 0.2) is 0 Å². The summed E-state index contributed by atoms with van der Waals surface area (Å²) in [6, 6.07) is 0. The average Bonchev–Trinajstić information content (AvgIpc) is 1.72. The van der Waals surface area contributed by atoms with Crippen LogP contribution in [0.4, 0.5) is 0 Å². The zero-order valence-corrected chi connectivity index (χ0v) is 6.85. The lowest BCUT2D eigenvalue weighted by Gasteiger charge is -1.97. The van der Waals surface area contributed by atoms with Crippen molar-refractivity contribution in [3.05, 3.63) is 0 Å². The van der Waals surface area contributed by atoms with Crippen molar-refractivity contribution in [2.24, 2.45) is 0 Å². The van der Waals surface area contributed by atoms with E-state index in [1.807, 2.05) is 0 Å². The first kappa shape index (κ1) is 11.5. The van der Waals surface area contributed by atoms with Crippen LogP contribution in [0.1, 0.15) is 20.8 Å². The lowest BCUT2D eigenvalue weighted by atomic mass is 10.9. The fourth-order valence-electron chi connectivity index (χ4n) is 0.866. The zero-order valence-electron chi connectivity index (χ0n) is 5.70. The van der Waals surface area contributed by atoms with Crippen LogP contribution in [0.15, 0.2) is 0 Å². The average molecular weight is 146 g/mol. The summed E-state index contributed by atoms with van der Waals surface area (Å²) in [5.74, 6) is 0. The molecule has 0 aliphatic carbocycles. The molecule has 0 fully saturated rings. The zero-order chi connectivity index (χ0) is 5.70. The summed E-state index contributed by atoms with van der Waals surface area (Å²) in [7, 11) is 0. The predicted octanol–water partition coefficient (Wildman–Crippen LogP) is 1.09. The summed E-state index contributed by atoms with van der Waals surface area (Å²) in [4.78, 5) is 0. The van der Waals surface area contributed by atoms with Gasteiger partial charge >= 0.3 is 0 Å². The molecule has 0 nitrogen and oxygen atoms in total. The largest absolute Gasteiger partial charge is 0.261 e. The van der Waals surface area contributed by atoms with Crippen molar-refractivity contribution >= 4 is 25.1 Å². The van der Waals surface area contributed by atoms with Crippen LogP contribution < -0.4 is 0 Å². The Morgan fingerprint density at radius 1 is 0.875 bits per heavy atom. The van der Waals surface area contributed by atoms with E-state index in [4.69, 9.17) is 0 Å². The number of hydrogen-bond acceptors (Lipinski definition) is 0. The molecule has 0 aromatic rings. The summed E-state index contributed by atoms with van der Waals surface area (Å²) in [5.41, 5.74) is 0. The quantitative estimate of drug-likeness (QED) is 0.523. The van der Waals surface area contributed by atoms with Crippen molar-refractivity contribution in [1.29, 1.82) is 0 Å². The summed E-state index contributed by atoms with van der Waals surface area (Å²) in [6.07, 6.45) is 0. The van der Waals surface area contributed by atoms with Crippen LogP contribution >= 0.6 is 0 Å². The molecule has 2 heteroatoms. The summed E-state index contributed by atoms with van der Waals surface area (Å²) in [6.45, 7) is 6.97. The van der Waals surface area contributed by atoms with Crippen LogP contribution in [0, 0.1) is 0 Å². The molecule has 0 aromatic heterocycles. The van der Waals surface area contributed by atoms with Gasteiger partial charge in [-0.3, -0.25) is 0 Å². The van der Waals surface area contributed by atoms with Gasteiger partial charge in [0.1, 0.15) is 0 Å². The highest BCUT2D eigenvalue weighted by Crippen LogP contribution is 2.01. The van der Waals surface area contributed by atoms with Crippen molar-refractivity contribution in [2.45, 2.75) is 36.6 Å². The van der Waals surface area contributed by atoms with Crippen molar-refractivity contribution in [3.63, 3.8) is 0 Å². The van der Waals surface area contributed by atoms with Gasteiger partial charge < -0.3 is 0 Å². The Labute approximate surface area is 62.1 Å². The molecule has 0 rings (SSSR count). The molecule has 0 aliphatic rings. The molecule has 50 valence electrons. The molecule has 0 saturated carbocycles. The molecule has 0 aliphatic heterocycles. The van der Waals surface area contributed by atoms with Crippen molar-refractivity contribution in [1.82, 2.24) is 0 Å². The minimum absolute atomic E-state index is 0. The van der Waals surface area contributed by atoms with Gasteiger partial charge in [0, 0.05) is 0 Å². The summed E-state index contributed by atoms with van der Waals surface area (Å²) >= 11 is -0.171. The van der Waals surface area contributed by atoms with Gasteiger partial charge in [-0.25, -0.2) is 0 Å². The Morgan fingerprint density at radius 3 is 1.12 bits per heavy atom. The molecule has 0 heterocycles. The topological polar surface area (TPSA) is 0 Å². The first-order valence-corrected chi connectivity index (χ1v) is 5.80. The second kappa shape index (κ2) is 7.75. The normalized spacial score (nSPS) is 7.88. The smallest absolute Gasteiger partial charge is 0.0967 e. The Bertz CT molecular complexity index is 30.0. The Hall–Kier alpha value is 0.749. The van der Waals surface area contributed by atoms with E-state index in [0.717, 1.165) is 0 Å². The summed E-state index contributed by atoms with van der Waals surface area (Å²) in [5, 5.41) is 4.48. The first-order chi connectivity index (χ1) is 3.35. The van der Waals surface area contributed by atoms with Gasteiger partial charge in [-0.05, 0) is 11.0 Å². The van der Waals surface area contributed by atoms with E-state index in [1.165, 1.54) is 15.8 Å². The third-order valence-electron chi connectivity index (χ3n) is 1.73. The molecule has 0 bridgehead atoms. The maximum atomic E-state index is 2.32. The monoisotopic (exact) mass is 146 g/mol. The van der Waals surface area contributed by atoms with Crippen LogP contribution in [-0.4, -0.2) is 25.1 Å². The molecule has 0 unspecified atom stereocenters. The summed E-state index contributed by atoms with van der Waals surface area (Å²) < 4.78 is 0. The van der Waals surface area contributed by atoms with E-state index in [0.29, 0.717) is 0 Å². The molecule has 0 aromatic carbocycles. The van der Waals surface area contributed by atoms with Gasteiger partial charge in [-0.1, -0.05) is 36.6 Å². The highest BCUT2D eigenvalue weighted by atomic mass is 28.1. The van der Waals surface area contributed by atoms with E-state index in [2.05, 4.69) is 20.8 Å². The van der Waals surface area contributed by atoms with Crippen LogP contribution in [0.25, 0.3) is 0 Å². The minimum atomic E-state index is -0.171. The van der Waals surface area contributed by atoms with E-state index in [1.54, 1.807) is 0 Å². The molecule has 0 atom stereocenters. The van der Waals surface area contributed by atoms with Crippen LogP contribution in [0.2, 0.25) is 15.8 Å². The van der Waals surface area contributed by atoms with Gasteiger partial charge in [0.2, 0.25) is 0 Å². The van der Waals surface area contributed by atoms with Crippen molar-refractivity contribution in [2.75, 3.05) is 0 Å². The van der Waals surface area contributed by atoms with Crippen molar-refractivity contribution in [3.8, 4) is 0 Å². The second-order valence-corrected chi connectivity index (χ2v) is 6.27. The highest BCUT2D eigenvalue weighted by molar-refractivity contribution is 6.58. The minimum Gasteiger partial charge on any atom is -0.0967 e. The van der Waals surface area contributed by atoms with Gasteiger partial charge in [0.25, 0.3) is 14.1 Å². The molecule has 8 heavy (non-hydrogen) atoms. The highest BCUT2D eigenvalue weighted by Gasteiger charge is 2.05. The predicted molar refractivity (Wildman–Crippen MR) is 48.5 cm³/mol. The van der Waals surface area contributed by atoms with E-state index in [9.17, 15) is 0 Å². The van der Waals surface area contributed by atoms with E-state index < -0.39 is 0 Å². The van der Waals surface area contributed by atoms with Crippen LogP contribution in [-0.2, 0) is 0 Å². The first-order valence-electron chi connectivity index (χ1n) is 3.35. The maximum absolute atomic E-state index is 2.32. The molecule has 0 amide bonds. The molecular formula is C6H19AlSi. The number of rotatable bonds is 3.